The maximum atomic E-state index is 12.8. The van der Waals surface area contributed by atoms with Gasteiger partial charge in [0.05, 0.1) is 17.6 Å². The van der Waals surface area contributed by atoms with Crippen molar-refractivity contribution in [2.45, 2.75) is 24.7 Å². The Morgan fingerprint density at radius 2 is 1.95 bits per heavy atom. The van der Waals surface area contributed by atoms with Crippen LogP contribution in [0.15, 0.2) is 47.1 Å². The molecule has 1 aromatic heterocycles. The minimum atomic E-state index is -3.62. The van der Waals surface area contributed by atoms with Gasteiger partial charge < -0.3 is 9.52 Å². The van der Waals surface area contributed by atoms with E-state index in [-0.39, 0.29) is 18.7 Å². The standard InChI is InChI=1S/C15H18FNO4S/c1-15(18,9-14-3-2-8-21-14)11-17-22(19,20)10-12-4-6-13(16)7-5-12/h2-8,17-18H,9-11H2,1H3. The lowest BCUT2D eigenvalue weighted by Gasteiger charge is -2.22. The quantitative estimate of drug-likeness (QED) is 0.813. The zero-order valence-electron chi connectivity index (χ0n) is 12.1. The first-order valence-corrected chi connectivity index (χ1v) is 8.38. The van der Waals surface area contributed by atoms with Crippen LogP contribution >= 0.6 is 0 Å². The molecule has 2 aromatic rings. The zero-order chi connectivity index (χ0) is 16.2. The number of nitrogens with one attached hydrogen (secondary N) is 1. The molecule has 2 rings (SSSR count). The van der Waals surface area contributed by atoms with Crippen molar-refractivity contribution in [2.75, 3.05) is 6.54 Å². The van der Waals surface area contributed by atoms with Gasteiger partial charge in [-0.15, -0.1) is 0 Å². The predicted molar refractivity (Wildman–Crippen MR) is 80.1 cm³/mol. The maximum Gasteiger partial charge on any atom is 0.215 e. The van der Waals surface area contributed by atoms with Gasteiger partial charge in [0.2, 0.25) is 10.0 Å². The van der Waals surface area contributed by atoms with E-state index in [1.165, 1.54) is 37.5 Å². The molecule has 120 valence electrons. The summed E-state index contributed by atoms with van der Waals surface area (Å²) in [5, 5.41) is 10.2. The van der Waals surface area contributed by atoms with Crippen LogP contribution in [0.25, 0.3) is 0 Å². The van der Waals surface area contributed by atoms with Crippen LogP contribution in [0.5, 0.6) is 0 Å². The van der Waals surface area contributed by atoms with Crippen molar-refractivity contribution in [1.82, 2.24) is 4.72 Å². The number of halogens is 1. The van der Waals surface area contributed by atoms with Crippen LogP contribution in [0.2, 0.25) is 0 Å². The summed E-state index contributed by atoms with van der Waals surface area (Å²) in [6, 6.07) is 8.65. The van der Waals surface area contributed by atoms with E-state index >= 15 is 0 Å². The second kappa shape index (κ2) is 6.60. The van der Waals surface area contributed by atoms with Crippen molar-refractivity contribution < 1.29 is 22.3 Å². The Hall–Kier alpha value is -1.70. The average Bonchev–Trinajstić information content (AvgIpc) is 2.91. The zero-order valence-corrected chi connectivity index (χ0v) is 12.9. The second-order valence-corrected chi connectivity index (χ2v) is 7.27. The van der Waals surface area contributed by atoms with Crippen molar-refractivity contribution in [3.63, 3.8) is 0 Å². The van der Waals surface area contributed by atoms with E-state index in [2.05, 4.69) is 4.72 Å². The van der Waals surface area contributed by atoms with Crippen LogP contribution in [-0.2, 0) is 22.2 Å². The summed E-state index contributed by atoms with van der Waals surface area (Å²) in [5.74, 6) is -0.123. The second-order valence-electron chi connectivity index (χ2n) is 5.46. The lowest BCUT2D eigenvalue weighted by Crippen LogP contribution is -2.42. The van der Waals surface area contributed by atoms with E-state index in [1.54, 1.807) is 12.1 Å². The van der Waals surface area contributed by atoms with E-state index in [0.717, 1.165) is 0 Å². The molecule has 0 aliphatic carbocycles. The summed E-state index contributed by atoms with van der Waals surface area (Å²) in [5.41, 5.74) is -0.798. The summed E-state index contributed by atoms with van der Waals surface area (Å²) in [6.07, 6.45) is 1.68. The first-order chi connectivity index (χ1) is 10.3. The Morgan fingerprint density at radius 1 is 1.27 bits per heavy atom. The van der Waals surface area contributed by atoms with E-state index in [0.29, 0.717) is 11.3 Å². The highest BCUT2D eigenvalue weighted by Crippen LogP contribution is 2.14. The molecule has 2 N–H and O–H groups in total. The highest BCUT2D eigenvalue weighted by molar-refractivity contribution is 7.88. The van der Waals surface area contributed by atoms with Crippen LogP contribution < -0.4 is 4.72 Å². The monoisotopic (exact) mass is 327 g/mol. The highest BCUT2D eigenvalue weighted by atomic mass is 32.2. The van der Waals surface area contributed by atoms with Gasteiger partial charge in [0.1, 0.15) is 11.6 Å². The molecule has 1 heterocycles. The number of hydrogen-bond donors (Lipinski definition) is 2. The first kappa shape index (κ1) is 16.7. The van der Waals surface area contributed by atoms with E-state index < -0.39 is 21.4 Å². The summed E-state index contributed by atoms with van der Waals surface area (Å²) in [4.78, 5) is 0. The van der Waals surface area contributed by atoms with Gasteiger partial charge in [0.25, 0.3) is 0 Å². The summed E-state index contributed by atoms with van der Waals surface area (Å²) < 4.78 is 44.3. The van der Waals surface area contributed by atoms with Crippen LogP contribution in [0, 0.1) is 5.82 Å². The summed E-state index contributed by atoms with van der Waals surface area (Å²) in [7, 11) is -3.62. The fraction of sp³-hybridized carbons (Fsp3) is 0.333. The molecule has 0 bridgehead atoms. The van der Waals surface area contributed by atoms with Crippen molar-refractivity contribution in [3.05, 3.63) is 59.8 Å². The number of aliphatic hydroxyl groups is 1. The average molecular weight is 327 g/mol. The topological polar surface area (TPSA) is 79.5 Å². The minimum Gasteiger partial charge on any atom is -0.469 e. The van der Waals surface area contributed by atoms with Gasteiger partial charge in [-0.3, -0.25) is 0 Å². The Kier molecular flexibility index (Phi) is 5.00. The van der Waals surface area contributed by atoms with E-state index in [1.807, 2.05) is 0 Å². The fourth-order valence-corrected chi connectivity index (χ4v) is 3.23. The third-order valence-corrected chi connectivity index (χ3v) is 4.38. The van der Waals surface area contributed by atoms with Crippen molar-refractivity contribution in [1.29, 1.82) is 0 Å². The molecule has 0 saturated carbocycles. The normalized spacial score (nSPS) is 14.7. The molecule has 5 nitrogen and oxygen atoms in total. The smallest absolute Gasteiger partial charge is 0.215 e. The van der Waals surface area contributed by atoms with Gasteiger partial charge in [0, 0.05) is 13.0 Å². The largest absolute Gasteiger partial charge is 0.469 e. The molecule has 0 saturated heterocycles. The lowest BCUT2D eigenvalue weighted by molar-refractivity contribution is 0.0603. The fourth-order valence-electron chi connectivity index (χ4n) is 1.97. The number of rotatable bonds is 7. The van der Waals surface area contributed by atoms with Crippen LogP contribution in [0.4, 0.5) is 4.39 Å². The van der Waals surface area contributed by atoms with E-state index in [4.69, 9.17) is 4.42 Å². The lowest BCUT2D eigenvalue weighted by atomic mass is 10.0. The van der Waals surface area contributed by atoms with Gasteiger partial charge in [-0.1, -0.05) is 12.1 Å². The van der Waals surface area contributed by atoms with Crippen molar-refractivity contribution in [2.24, 2.45) is 0 Å². The number of hydrogen-bond acceptors (Lipinski definition) is 4. The molecular weight excluding hydrogens is 309 g/mol. The SMILES string of the molecule is CC(O)(CNS(=O)(=O)Cc1ccc(F)cc1)Cc1ccco1. The number of sulfonamides is 1. The van der Waals surface area contributed by atoms with Gasteiger partial charge in [-0.25, -0.2) is 17.5 Å². The van der Waals surface area contributed by atoms with Crippen LogP contribution in [-0.4, -0.2) is 25.7 Å². The summed E-state index contributed by atoms with van der Waals surface area (Å²) in [6.45, 7) is 1.38. The van der Waals surface area contributed by atoms with Gasteiger partial charge in [-0.2, -0.15) is 0 Å². The molecule has 1 unspecified atom stereocenters. The first-order valence-electron chi connectivity index (χ1n) is 6.72. The predicted octanol–water partition coefficient (Wildman–Crippen LogP) is 1.83. The maximum absolute atomic E-state index is 12.8. The Morgan fingerprint density at radius 3 is 2.55 bits per heavy atom. The Labute approximate surface area is 128 Å². The van der Waals surface area contributed by atoms with Crippen LogP contribution in [0.1, 0.15) is 18.2 Å². The molecule has 0 fully saturated rings. The third-order valence-electron chi connectivity index (χ3n) is 3.08. The van der Waals surface area contributed by atoms with Gasteiger partial charge >= 0.3 is 0 Å². The Bertz CT molecular complexity index is 694. The molecule has 1 atom stereocenters. The molecule has 0 radical (unpaired) electrons. The van der Waals surface area contributed by atoms with E-state index in [9.17, 15) is 17.9 Å². The Balaban J connectivity index is 1.92. The summed E-state index contributed by atoms with van der Waals surface area (Å²) >= 11 is 0. The molecule has 0 aliphatic rings. The van der Waals surface area contributed by atoms with Crippen molar-refractivity contribution in [3.8, 4) is 0 Å². The molecular formula is C15H18FNO4S. The number of benzene rings is 1. The molecule has 0 amide bonds. The molecule has 7 heteroatoms. The van der Waals surface area contributed by atoms with Gasteiger partial charge in [0.15, 0.2) is 0 Å². The minimum absolute atomic E-state index is 0.142. The van der Waals surface area contributed by atoms with Crippen molar-refractivity contribution >= 4 is 10.0 Å². The third kappa shape index (κ3) is 5.25. The van der Waals surface area contributed by atoms with Crippen LogP contribution in [0.3, 0.4) is 0 Å². The molecule has 0 aliphatic heterocycles. The molecule has 0 spiro atoms. The van der Waals surface area contributed by atoms with Gasteiger partial charge in [-0.05, 0) is 36.8 Å². The highest BCUT2D eigenvalue weighted by Gasteiger charge is 2.25. The number of furan rings is 1. The molecule has 1 aromatic carbocycles. The molecule has 22 heavy (non-hydrogen) atoms.